The Morgan fingerprint density at radius 2 is 1.77 bits per heavy atom. The van der Waals surface area contributed by atoms with E-state index in [1.807, 2.05) is 32.0 Å². The van der Waals surface area contributed by atoms with Crippen LogP contribution in [0.3, 0.4) is 0 Å². The summed E-state index contributed by atoms with van der Waals surface area (Å²) in [6.07, 6.45) is 0. The molecule has 0 atom stereocenters. The maximum Gasteiger partial charge on any atom is 0.276 e. The van der Waals surface area contributed by atoms with E-state index in [1.165, 1.54) is 29.5 Å². The lowest BCUT2D eigenvalue weighted by molar-refractivity contribution is 0.466. The van der Waals surface area contributed by atoms with Gasteiger partial charge in [-0.25, -0.2) is 8.42 Å². The quantitative estimate of drug-likeness (QED) is 0.556. The van der Waals surface area contributed by atoms with Crippen LogP contribution in [0.1, 0.15) is 11.1 Å². The minimum atomic E-state index is -3.37. The van der Waals surface area contributed by atoms with Gasteiger partial charge in [-0.2, -0.15) is 0 Å². The number of halogens is 1. The summed E-state index contributed by atoms with van der Waals surface area (Å²) in [6.45, 7) is 4.06. The normalized spacial score (nSPS) is 11.7. The van der Waals surface area contributed by atoms with Gasteiger partial charge in [-0.15, -0.1) is 10.2 Å². The molecule has 0 radical (unpaired) electrons. The molecule has 3 aromatic rings. The number of hydrogen-bond acceptors (Lipinski definition) is 6. The summed E-state index contributed by atoms with van der Waals surface area (Å²) >= 11 is 7.01. The van der Waals surface area contributed by atoms with Crippen LogP contribution in [0.4, 0.5) is 0 Å². The van der Waals surface area contributed by atoms with Crippen LogP contribution in [-0.4, -0.2) is 30.1 Å². The van der Waals surface area contributed by atoms with Gasteiger partial charge in [-0.05, 0) is 61.4 Å². The SMILES string of the molecule is Cc1ccc(-c2nnc(SCCS(=O)(=O)c3ccc(Cl)cc3)o2)cc1C. The van der Waals surface area contributed by atoms with Crippen LogP contribution in [0.2, 0.25) is 5.02 Å². The molecular weight excluding hydrogens is 392 g/mol. The molecular formula is C18H17ClN2O3S2. The van der Waals surface area contributed by atoms with E-state index >= 15 is 0 Å². The summed E-state index contributed by atoms with van der Waals surface area (Å²) in [5.74, 6) is 0.719. The number of thioether (sulfide) groups is 1. The second kappa shape index (κ2) is 7.82. The summed E-state index contributed by atoms with van der Waals surface area (Å²) in [5.41, 5.74) is 3.18. The van der Waals surface area contributed by atoms with Gasteiger partial charge in [-0.3, -0.25) is 0 Å². The fourth-order valence-electron chi connectivity index (χ4n) is 2.26. The molecule has 0 spiro atoms. The molecule has 0 amide bonds. The predicted octanol–water partition coefficient (Wildman–Crippen LogP) is 4.57. The molecule has 0 saturated carbocycles. The van der Waals surface area contributed by atoms with E-state index in [0.717, 1.165) is 11.1 Å². The third-order valence-electron chi connectivity index (χ3n) is 3.91. The van der Waals surface area contributed by atoms with Crippen molar-refractivity contribution in [2.24, 2.45) is 0 Å². The van der Waals surface area contributed by atoms with Crippen molar-refractivity contribution in [2.45, 2.75) is 24.0 Å². The highest BCUT2D eigenvalue weighted by Gasteiger charge is 2.16. The van der Waals surface area contributed by atoms with Crippen LogP contribution in [0.15, 0.2) is 57.0 Å². The van der Waals surface area contributed by atoms with E-state index in [2.05, 4.69) is 10.2 Å². The summed E-state index contributed by atoms with van der Waals surface area (Å²) in [7, 11) is -3.37. The summed E-state index contributed by atoms with van der Waals surface area (Å²) in [6, 6.07) is 12.1. The molecule has 0 aliphatic rings. The van der Waals surface area contributed by atoms with Crippen LogP contribution in [0.5, 0.6) is 0 Å². The molecule has 0 bridgehead atoms. The summed E-state index contributed by atoms with van der Waals surface area (Å²) in [5, 5.41) is 8.88. The van der Waals surface area contributed by atoms with Gasteiger partial charge in [0.05, 0.1) is 10.6 Å². The highest BCUT2D eigenvalue weighted by atomic mass is 35.5. The van der Waals surface area contributed by atoms with Gasteiger partial charge in [-0.1, -0.05) is 29.4 Å². The number of benzene rings is 2. The van der Waals surface area contributed by atoms with E-state index in [4.69, 9.17) is 16.0 Å². The first-order valence-electron chi connectivity index (χ1n) is 7.87. The molecule has 0 fully saturated rings. The van der Waals surface area contributed by atoms with E-state index in [0.29, 0.717) is 21.9 Å². The highest BCUT2D eigenvalue weighted by molar-refractivity contribution is 8.00. The van der Waals surface area contributed by atoms with Gasteiger partial charge >= 0.3 is 0 Å². The molecule has 1 heterocycles. The number of sulfone groups is 1. The first-order valence-corrected chi connectivity index (χ1v) is 10.9. The van der Waals surface area contributed by atoms with Crippen molar-refractivity contribution < 1.29 is 12.8 Å². The zero-order valence-electron chi connectivity index (χ0n) is 14.3. The van der Waals surface area contributed by atoms with E-state index < -0.39 is 9.84 Å². The number of aromatic nitrogens is 2. The molecule has 0 aliphatic heterocycles. The molecule has 26 heavy (non-hydrogen) atoms. The summed E-state index contributed by atoms with van der Waals surface area (Å²) in [4.78, 5) is 0.254. The molecule has 0 aliphatic carbocycles. The Hall–Kier alpha value is -1.83. The first-order chi connectivity index (χ1) is 12.3. The van der Waals surface area contributed by atoms with Crippen molar-refractivity contribution in [1.82, 2.24) is 10.2 Å². The van der Waals surface area contributed by atoms with Gasteiger partial charge in [0.2, 0.25) is 5.89 Å². The van der Waals surface area contributed by atoms with Gasteiger partial charge in [0.1, 0.15) is 0 Å². The van der Waals surface area contributed by atoms with Gasteiger partial charge in [0, 0.05) is 16.3 Å². The van der Waals surface area contributed by atoms with Crippen molar-refractivity contribution in [3.63, 3.8) is 0 Å². The second-order valence-electron chi connectivity index (χ2n) is 5.79. The zero-order chi connectivity index (χ0) is 18.7. The van der Waals surface area contributed by atoms with E-state index in [1.54, 1.807) is 12.1 Å². The van der Waals surface area contributed by atoms with Crippen molar-refractivity contribution in [2.75, 3.05) is 11.5 Å². The average molecular weight is 409 g/mol. The molecule has 2 aromatic carbocycles. The Morgan fingerprint density at radius 3 is 2.46 bits per heavy atom. The lowest BCUT2D eigenvalue weighted by Gasteiger charge is -2.03. The predicted molar refractivity (Wildman–Crippen MR) is 103 cm³/mol. The Bertz CT molecular complexity index is 1020. The Labute approximate surface area is 161 Å². The number of rotatable bonds is 6. The fraction of sp³-hybridized carbons (Fsp3) is 0.222. The largest absolute Gasteiger partial charge is 0.411 e. The Kier molecular flexibility index (Phi) is 5.70. The van der Waals surface area contributed by atoms with Crippen molar-refractivity contribution >= 4 is 33.2 Å². The number of hydrogen-bond donors (Lipinski definition) is 0. The first kappa shape index (κ1) is 18.9. The lowest BCUT2D eigenvalue weighted by Crippen LogP contribution is -2.08. The van der Waals surface area contributed by atoms with E-state index in [-0.39, 0.29) is 10.6 Å². The smallest absolute Gasteiger partial charge is 0.276 e. The average Bonchev–Trinajstić information content (AvgIpc) is 3.06. The fourth-order valence-corrected chi connectivity index (χ4v) is 4.79. The molecule has 136 valence electrons. The second-order valence-corrected chi connectivity index (χ2v) is 9.39. The molecule has 3 rings (SSSR count). The molecule has 0 unspecified atom stereocenters. The minimum Gasteiger partial charge on any atom is -0.411 e. The standard InChI is InChI=1S/C18H17ClN2O3S2/c1-12-3-4-14(11-13(12)2)17-20-21-18(24-17)25-9-10-26(22,23)16-7-5-15(19)6-8-16/h3-8,11H,9-10H2,1-2H3. The molecule has 0 N–H and O–H groups in total. The Balaban J connectivity index is 1.63. The van der Waals surface area contributed by atoms with E-state index in [9.17, 15) is 8.42 Å². The third-order valence-corrected chi connectivity index (χ3v) is 6.97. The topological polar surface area (TPSA) is 73.1 Å². The van der Waals surface area contributed by atoms with Crippen LogP contribution in [0.25, 0.3) is 11.5 Å². The van der Waals surface area contributed by atoms with Crippen molar-refractivity contribution in [3.05, 3.63) is 58.6 Å². The lowest BCUT2D eigenvalue weighted by atomic mass is 10.1. The van der Waals surface area contributed by atoms with Gasteiger partial charge in [0.25, 0.3) is 5.22 Å². The molecule has 0 saturated heterocycles. The maximum absolute atomic E-state index is 12.3. The minimum absolute atomic E-state index is 0.0271. The molecule has 1 aromatic heterocycles. The zero-order valence-corrected chi connectivity index (χ0v) is 16.7. The Morgan fingerprint density at radius 1 is 1.04 bits per heavy atom. The monoisotopic (exact) mass is 408 g/mol. The van der Waals surface area contributed by atoms with Crippen LogP contribution in [-0.2, 0) is 9.84 Å². The van der Waals surface area contributed by atoms with Crippen molar-refractivity contribution in [1.29, 1.82) is 0 Å². The molecule has 8 heteroatoms. The summed E-state index contributed by atoms with van der Waals surface area (Å²) < 4.78 is 30.2. The van der Waals surface area contributed by atoms with Gasteiger partial charge < -0.3 is 4.42 Å². The van der Waals surface area contributed by atoms with Crippen LogP contribution in [0, 0.1) is 13.8 Å². The maximum atomic E-state index is 12.3. The molecule has 5 nitrogen and oxygen atoms in total. The highest BCUT2D eigenvalue weighted by Crippen LogP contribution is 2.25. The number of nitrogens with zero attached hydrogens (tertiary/aromatic N) is 2. The van der Waals surface area contributed by atoms with Gasteiger partial charge in [0.15, 0.2) is 9.84 Å². The number of aryl methyl sites for hydroxylation is 2. The van der Waals surface area contributed by atoms with Crippen LogP contribution < -0.4 is 0 Å². The van der Waals surface area contributed by atoms with Crippen LogP contribution >= 0.6 is 23.4 Å². The third kappa shape index (κ3) is 4.47. The van der Waals surface area contributed by atoms with Crippen molar-refractivity contribution in [3.8, 4) is 11.5 Å².